The van der Waals surface area contributed by atoms with Gasteiger partial charge in [0.05, 0.1) is 0 Å². The second-order valence-corrected chi connectivity index (χ2v) is 4.46. The van der Waals surface area contributed by atoms with Gasteiger partial charge in [0.1, 0.15) is 0 Å². The van der Waals surface area contributed by atoms with Crippen molar-refractivity contribution >= 4 is 0 Å². The molecule has 90 valence electrons. The molecule has 1 aliphatic rings. The fraction of sp³-hybridized carbons (Fsp3) is 1.00. The predicted molar refractivity (Wildman–Crippen MR) is 64.0 cm³/mol. The van der Waals surface area contributed by atoms with Crippen LogP contribution in [0, 0.1) is 0 Å². The molecule has 0 spiro atoms. The quantitative estimate of drug-likeness (QED) is 0.593. The first kappa shape index (κ1) is 12.9. The first-order valence-corrected chi connectivity index (χ1v) is 6.31. The van der Waals surface area contributed by atoms with Gasteiger partial charge in [-0.3, -0.25) is 0 Å². The highest BCUT2D eigenvalue weighted by Gasteiger charge is 2.23. The number of hydrogen-bond acceptors (Lipinski definition) is 3. The van der Waals surface area contributed by atoms with Crippen LogP contribution in [0.4, 0.5) is 0 Å². The predicted octanol–water partition coefficient (Wildman–Crippen LogP) is 1.62. The van der Waals surface area contributed by atoms with Crippen LogP contribution < -0.4 is 5.73 Å². The molecule has 15 heavy (non-hydrogen) atoms. The number of hydrogen-bond donors (Lipinski definition) is 1. The van der Waals surface area contributed by atoms with E-state index in [0.29, 0.717) is 0 Å². The van der Waals surface area contributed by atoms with E-state index in [1.807, 2.05) is 0 Å². The van der Waals surface area contributed by atoms with Gasteiger partial charge in [-0.25, -0.2) is 0 Å². The Balaban J connectivity index is 2.10. The minimum Gasteiger partial charge on any atom is -0.385 e. The van der Waals surface area contributed by atoms with Crippen molar-refractivity contribution < 1.29 is 4.74 Å². The zero-order valence-corrected chi connectivity index (χ0v) is 10.1. The summed E-state index contributed by atoms with van der Waals surface area (Å²) in [5.74, 6) is 0. The number of methoxy groups -OCH3 is 1. The molecule has 0 aromatic carbocycles. The van der Waals surface area contributed by atoms with Crippen LogP contribution in [0.2, 0.25) is 0 Å². The van der Waals surface area contributed by atoms with E-state index in [4.69, 9.17) is 10.5 Å². The zero-order chi connectivity index (χ0) is 10.9. The molecule has 0 aliphatic heterocycles. The number of nitrogens with two attached hydrogens (primary N) is 1. The molecule has 1 aliphatic carbocycles. The third-order valence-corrected chi connectivity index (χ3v) is 3.28. The molecule has 0 atom stereocenters. The number of ether oxygens (including phenoxy) is 1. The van der Waals surface area contributed by atoms with Gasteiger partial charge < -0.3 is 15.4 Å². The van der Waals surface area contributed by atoms with E-state index in [9.17, 15) is 0 Å². The number of nitrogens with zero attached hydrogens (tertiary/aromatic N) is 1. The van der Waals surface area contributed by atoms with E-state index >= 15 is 0 Å². The Labute approximate surface area is 94.0 Å². The second-order valence-electron chi connectivity index (χ2n) is 4.46. The molecule has 1 rings (SSSR count). The fourth-order valence-corrected chi connectivity index (χ4v) is 2.08. The molecule has 1 fully saturated rings. The van der Waals surface area contributed by atoms with Crippen molar-refractivity contribution in [1.82, 2.24) is 4.90 Å². The third-order valence-electron chi connectivity index (χ3n) is 3.28. The summed E-state index contributed by atoms with van der Waals surface area (Å²) in [6.45, 7) is 4.14. The summed E-state index contributed by atoms with van der Waals surface area (Å²) in [7, 11) is 1.78. The Morgan fingerprint density at radius 2 is 1.93 bits per heavy atom. The lowest BCUT2D eigenvalue weighted by Gasteiger charge is -2.37. The van der Waals surface area contributed by atoms with Crippen molar-refractivity contribution in [2.75, 3.05) is 33.4 Å². The molecule has 3 nitrogen and oxygen atoms in total. The molecule has 0 radical (unpaired) electrons. The minimum absolute atomic E-state index is 0.821. The largest absolute Gasteiger partial charge is 0.385 e. The number of unbranched alkanes of at least 4 members (excludes halogenated alkanes) is 1. The van der Waals surface area contributed by atoms with Gasteiger partial charge in [0, 0.05) is 19.8 Å². The van der Waals surface area contributed by atoms with Crippen LogP contribution in [-0.2, 0) is 4.74 Å². The maximum atomic E-state index is 5.57. The minimum atomic E-state index is 0.821. The van der Waals surface area contributed by atoms with Crippen molar-refractivity contribution in [3.05, 3.63) is 0 Å². The molecule has 0 unspecified atom stereocenters. The molecule has 0 bridgehead atoms. The van der Waals surface area contributed by atoms with Crippen LogP contribution >= 0.6 is 0 Å². The molecule has 0 aromatic rings. The van der Waals surface area contributed by atoms with Crippen molar-refractivity contribution in [2.45, 2.75) is 44.6 Å². The summed E-state index contributed by atoms with van der Waals surface area (Å²) in [6.07, 6.45) is 7.80. The Morgan fingerprint density at radius 1 is 1.20 bits per heavy atom. The summed E-state index contributed by atoms with van der Waals surface area (Å²) in [4.78, 5) is 2.63. The van der Waals surface area contributed by atoms with Crippen LogP contribution in [0.25, 0.3) is 0 Å². The monoisotopic (exact) mass is 214 g/mol. The van der Waals surface area contributed by atoms with Crippen LogP contribution in [0.15, 0.2) is 0 Å². The molecule has 0 heterocycles. The second kappa shape index (κ2) is 8.08. The van der Waals surface area contributed by atoms with Gasteiger partial charge in [-0.15, -0.1) is 0 Å². The Bertz CT molecular complexity index is 149. The summed E-state index contributed by atoms with van der Waals surface area (Å²) in [5, 5.41) is 0. The third kappa shape index (κ3) is 4.96. The smallest absolute Gasteiger partial charge is 0.0462 e. The van der Waals surface area contributed by atoms with E-state index in [0.717, 1.165) is 25.6 Å². The lowest BCUT2D eigenvalue weighted by molar-refractivity contribution is 0.118. The van der Waals surface area contributed by atoms with Crippen LogP contribution in [0.1, 0.15) is 38.5 Å². The standard InChI is InChI=1S/C12H26N2O/c1-15-11-3-2-9-14(10-5-8-13)12-6-4-7-12/h12H,2-11,13H2,1H3. The lowest BCUT2D eigenvalue weighted by Crippen LogP contribution is -2.41. The van der Waals surface area contributed by atoms with Crippen molar-refractivity contribution in [3.8, 4) is 0 Å². The molecule has 3 heteroatoms. The van der Waals surface area contributed by atoms with Gasteiger partial charge >= 0.3 is 0 Å². The van der Waals surface area contributed by atoms with Gasteiger partial charge in [0.2, 0.25) is 0 Å². The van der Waals surface area contributed by atoms with Crippen molar-refractivity contribution in [3.63, 3.8) is 0 Å². The van der Waals surface area contributed by atoms with E-state index in [1.54, 1.807) is 7.11 Å². The Kier molecular flexibility index (Phi) is 6.98. The van der Waals surface area contributed by atoms with Crippen molar-refractivity contribution in [1.29, 1.82) is 0 Å². The topological polar surface area (TPSA) is 38.5 Å². The first-order chi connectivity index (χ1) is 7.38. The zero-order valence-electron chi connectivity index (χ0n) is 10.1. The van der Waals surface area contributed by atoms with E-state index in [1.165, 1.54) is 45.2 Å². The average molecular weight is 214 g/mol. The molecular formula is C12H26N2O. The number of rotatable bonds is 9. The van der Waals surface area contributed by atoms with E-state index in [2.05, 4.69) is 4.90 Å². The summed E-state index contributed by atoms with van der Waals surface area (Å²) >= 11 is 0. The van der Waals surface area contributed by atoms with Crippen LogP contribution in [0.3, 0.4) is 0 Å². The SMILES string of the molecule is COCCCCN(CCCN)C1CCC1. The van der Waals surface area contributed by atoms with Crippen molar-refractivity contribution in [2.24, 2.45) is 5.73 Å². The van der Waals surface area contributed by atoms with E-state index in [-0.39, 0.29) is 0 Å². The molecule has 1 saturated carbocycles. The maximum Gasteiger partial charge on any atom is 0.0462 e. The van der Waals surface area contributed by atoms with E-state index < -0.39 is 0 Å². The summed E-state index contributed by atoms with van der Waals surface area (Å²) in [6, 6.07) is 0.860. The molecule has 2 N–H and O–H groups in total. The highest BCUT2D eigenvalue weighted by atomic mass is 16.5. The summed E-state index contributed by atoms with van der Waals surface area (Å²) < 4.78 is 5.07. The highest BCUT2D eigenvalue weighted by molar-refractivity contribution is 4.79. The van der Waals surface area contributed by atoms with Gasteiger partial charge in [-0.05, 0) is 51.7 Å². The summed E-state index contributed by atoms with van der Waals surface area (Å²) in [5.41, 5.74) is 5.57. The average Bonchev–Trinajstić information content (AvgIpc) is 2.17. The van der Waals surface area contributed by atoms with Crippen LogP contribution in [0.5, 0.6) is 0 Å². The van der Waals surface area contributed by atoms with Crippen LogP contribution in [-0.4, -0.2) is 44.3 Å². The Morgan fingerprint density at radius 3 is 2.47 bits per heavy atom. The molecule has 0 aromatic heterocycles. The maximum absolute atomic E-state index is 5.57. The van der Waals surface area contributed by atoms with Gasteiger partial charge in [-0.1, -0.05) is 6.42 Å². The normalized spacial score (nSPS) is 17.0. The molecule has 0 saturated heterocycles. The molecule has 0 amide bonds. The van der Waals surface area contributed by atoms with Gasteiger partial charge in [0.15, 0.2) is 0 Å². The lowest BCUT2D eigenvalue weighted by atomic mass is 9.91. The van der Waals surface area contributed by atoms with Gasteiger partial charge in [0.25, 0.3) is 0 Å². The fourth-order valence-electron chi connectivity index (χ4n) is 2.08. The highest BCUT2D eigenvalue weighted by Crippen LogP contribution is 2.25. The van der Waals surface area contributed by atoms with Gasteiger partial charge in [-0.2, -0.15) is 0 Å². The Hall–Kier alpha value is -0.120. The first-order valence-electron chi connectivity index (χ1n) is 6.31. The molecular weight excluding hydrogens is 188 g/mol.